The molecule has 36 heavy (non-hydrogen) atoms. The molecule has 1 fully saturated rings. The second kappa shape index (κ2) is 11.7. The molecule has 0 spiro atoms. The lowest BCUT2D eigenvalue weighted by atomic mass is 10.1. The number of hydrogen-bond acceptors (Lipinski definition) is 5. The number of sulfonamides is 1. The number of methoxy groups -OCH3 is 1. The first kappa shape index (κ1) is 25.9. The Bertz CT molecular complexity index is 1250. The van der Waals surface area contributed by atoms with Crippen LogP contribution in [0.4, 0.5) is 0 Å². The first-order valence-corrected chi connectivity index (χ1v) is 13.6. The molecule has 0 saturated carbocycles. The molecule has 4 rings (SSSR count). The number of carbonyl (C=O) groups excluding carboxylic acids is 1. The molecule has 1 amide bonds. The Balaban J connectivity index is 1.23. The number of nitrogens with one attached hydrogen (secondary N) is 1. The summed E-state index contributed by atoms with van der Waals surface area (Å²) in [6.45, 7) is 5.48. The van der Waals surface area contributed by atoms with Crippen LogP contribution in [0.15, 0.2) is 77.7 Å². The van der Waals surface area contributed by atoms with E-state index >= 15 is 0 Å². The molecule has 1 saturated heterocycles. The van der Waals surface area contributed by atoms with Gasteiger partial charge < -0.3 is 10.1 Å². The van der Waals surface area contributed by atoms with Crippen molar-refractivity contribution in [2.45, 2.75) is 24.8 Å². The third kappa shape index (κ3) is 6.51. The number of amides is 1. The molecule has 0 aromatic heterocycles. The van der Waals surface area contributed by atoms with Crippen LogP contribution in [0.1, 0.15) is 27.0 Å². The Hall–Kier alpha value is -3.20. The van der Waals surface area contributed by atoms with E-state index in [0.717, 1.165) is 35.4 Å². The van der Waals surface area contributed by atoms with E-state index in [9.17, 15) is 13.2 Å². The second-order valence-electron chi connectivity index (χ2n) is 9.04. The quantitative estimate of drug-likeness (QED) is 0.480. The molecule has 3 aromatic carbocycles. The van der Waals surface area contributed by atoms with Gasteiger partial charge in [0, 0.05) is 44.8 Å². The Morgan fingerprint density at radius 1 is 0.861 bits per heavy atom. The fourth-order valence-electron chi connectivity index (χ4n) is 4.22. The summed E-state index contributed by atoms with van der Waals surface area (Å²) in [5.41, 5.74) is 3.90. The van der Waals surface area contributed by atoms with E-state index in [1.807, 2.05) is 67.6 Å². The zero-order valence-electron chi connectivity index (χ0n) is 20.8. The fourth-order valence-corrected chi connectivity index (χ4v) is 5.64. The first-order chi connectivity index (χ1) is 17.3. The molecule has 0 aliphatic carbocycles. The van der Waals surface area contributed by atoms with Crippen molar-refractivity contribution < 1.29 is 17.9 Å². The van der Waals surface area contributed by atoms with Crippen molar-refractivity contribution in [3.63, 3.8) is 0 Å². The topological polar surface area (TPSA) is 79.0 Å². The van der Waals surface area contributed by atoms with Crippen LogP contribution in [0, 0.1) is 6.92 Å². The van der Waals surface area contributed by atoms with Gasteiger partial charge in [-0.15, -0.1) is 0 Å². The number of piperazine rings is 1. The summed E-state index contributed by atoms with van der Waals surface area (Å²) in [6.07, 6.45) is 0.749. The molecular formula is C28H33N3O4S. The summed E-state index contributed by atoms with van der Waals surface area (Å²) in [7, 11) is -1.82. The molecule has 8 heteroatoms. The van der Waals surface area contributed by atoms with Gasteiger partial charge in [0.1, 0.15) is 5.75 Å². The third-order valence-corrected chi connectivity index (χ3v) is 8.38. The van der Waals surface area contributed by atoms with Crippen LogP contribution in [-0.2, 0) is 23.0 Å². The largest absolute Gasteiger partial charge is 0.497 e. The van der Waals surface area contributed by atoms with E-state index in [0.29, 0.717) is 43.2 Å². The summed E-state index contributed by atoms with van der Waals surface area (Å²) in [5, 5.41) is 2.97. The number of rotatable bonds is 9. The lowest BCUT2D eigenvalue weighted by Gasteiger charge is -2.34. The number of aryl methyl sites for hydroxylation is 1. The molecule has 1 aliphatic rings. The van der Waals surface area contributed by atoms with E-state index in [1.54, 1.807) is 23.5 Å². The predicted molar refractivity (Wildman–Crippen MR) is 141 cm³/mol. The van der Waals surface area contributed by atoms with Gasteiger partial charge in [-0.3, -0.25) is 9.69 Å². The van der Waals surface area contributed by atoms with E-state index in [4.69, 9.17) is 4.74 Å². The zero-order chi connectivity index (χ0) is 25.5. The minimum absolute atomic E-state index is 0.0926. The lowest BCUT2D eigenvalue weighted by Crippen LogP contribution is -2.48. The number of benzene rings is 3. The van der Waals surface area contributed by atoms with E-state index in [1.165, 1.54) is 0 Å². The van der Waals surface area contributed by atoms with Crippen LogP contribution in [0.3, 0.4) is 0 Å². The van der Waals surface area contributed by atoms with Crippen LogP contribution in [0.25, 0.3) is 0 Å². The van der Waals surface area contributed by atoms with Crippen molar-refractivity contribution in [2.75, 3.05) is 39.8 Å². The maximum Gasteiger partial charge on any atom is 0.251 e. The fraction of sp³-hybridized carbons (Fsp3) is 0.321. The average Bonchev–Trinajstić information content (AvgIpc) is 2.90. The summed E-state index contributed by atoms with van der Waals surface area (Å²) in [4.78, 5) is 15.1. The SMILES string of the molecule is COc1ccc(CCNC(=O)c2ccc(CN3CCN(S(=O)(=O)c4ccc(C)cc4)CC3)cc2)cc1. The van der Waals surface area contributed by atoms with Crippen LogP contribution in [0.2, 0.25) is 0 Å². The molecule has 1 aliphatic heterocycles. The highest BCUT2D eigenvalue weighted by molar-refractivity contribution is 7.89. The Morgan fingerprint density at radius 2 is 1.47 bits per heavy atom. The maximum absolute atomic E-state index is 12.9. The van der Waals surface area contributed by atoms with Crippen LogP contribution in [0.5, 0.6) is 5.75 Å². The van der Waals surface area contributed by atoms with Gasteiger partial charge >= 0.3 is 0 Å². The van der Waals surface area contributed by atoms with Gasteiger partial charge in [0.2, 0.25) is 10.0 Å². The predicted octanol–water partition coefficient (Wildman–Crippen LogP) is 3.48. The molecule has 3 aromatic rings. The van der Waals surface area contributed by atoms with Gasteiger partial charge in [-0.25, -0.2) is 8.42 Å². The van der Waals surface area contributed by atoms with Crippen molar-refractivity contribution >= 4 is 15.9 Å². The highest BCUT2D eigenvalue weighted by Gasteiger charge is 2.28. The summed E-state index contributed by atoms with van der Waals surface area (Å²) >= 11 is 0. The van der Waals surface area contributed by atoms with Gasteiger partial charge in [0.25, 0.3) is 5.91 Å². The lowest BCUT2D eigenvalue weighted by molar-refractivity contribution is 0.0954. The molecule has 0 bridgehead atoms. The van der Waals surface area contributed by atoms with Gasteiger partial charge in [-0.2, -0.15) is 4.31 Å². The molecular weight excluding hydrogens is 474 g/mol. The highest BCUT2D eigenvalue weighted by atomic mass is 32.2. The number of carbonyl (C=O) groups is 1. The van der Waals surface area contributed by atoms with Crippen molar-refractivity contribution in [2.24, 2.45) is 0 Å². The van der Waals surface area contributed by atoms with Crippen molar-refractivity contribution in [1.82, 2.24) is 14.5 Å². The second-order valence-corrected chi connectivity index (χ2v) is 11.0. The summed E-state index contributed by atoms with van der Waals surface area (Å²) in [5.74, 6) is 0.724. The molecule has 0 radical (unpaired) electrons. The smallest absolute Gasteiger partial charge is 0.251 e. The first-order valence-electron chi connectivity index (χ1n) is 12.1. The monoisotopic (exact) mass is 507 g/mol. The van der Waals surface area contributed by atoms with E-state index < -0.39 is 10.0 Å². The Morgan fingerprint density at radius 3 is 2.08 bits per heavy atom. The van der Waals surface area contributed by atoms with Crippen molar-refractivity contribution in [1.29, 1.82) is 0 Å². The maximum atomic E-state index is 12.9. The highest BCUT2D eigenvalue weighted by Crippen LogP contribution is 2.19. The summed E-state index contributed by atoms with van der Waals surface area (Å²) in [6, 6.07) is 22.4. The van der Waals surface area contributed by atoms with E-state index in [2.05, 4.69) is 10.2 Å². The Kier molecular flexibility index (Phi) is 8.40. The Labute approximate surface area is 213 Å². The zero-order valence-corrected chi connectivity index (χ0v) is 21.6. The van der Waals surface area contributed by atoms with E-state index in [-0.39, 0.29) is 5.91 Å². The van der Waals surface area contributed by atoms with Gasteiger partial charge in [0.05, 0.1) is 12.0 Å². The normalized spacial score (nSPS) is 14.9. The molecule has 190 valence electrons. The minimum Gasteiger partial charge on any atom is -0.497 e. The van der Waals surface area contributed by atoms with Gasteiger partial charge in [-0.1, -0.05) is 42.0 Å². The molecule has 0 unspecified atom stereocenters. The minimum atomic E-state index is -3.46. The number of nitrogens with zero attached hydrogens (tertiary/aromatic N) is 2. The number of hydrogen-bond donors (Lipinski definition) is 1. The third-order valence-electron chi connectivity index (χ3n) is 6.47. The summed E-state index contributed by atoms with van der Waals surface area (Å²) < 4.78 is 32.6. The molecule has 0 atom stereocenters. The van der Waals surface area contributed by atoms with Crippen molar-refractivity contribution in [3.8, 4) is 5.75 Å². The van der Waals surface area contributed by atoms with Crippen LogP contribution >= 0.6 is 0 Å². The standard InChI is InChI=1S/C28H33N3O4S/c1-22-3-13-27(14-4-22)36(33,34)31-19-17-30(18-20-31)21-24-5-9-25(10-6-24)28(32)29-16-15-23-7-11-26(35-2)12-8-23/h3-14H,15-21H2,1-2H3,(H,29,32). The van der Waals surface area contributed by atoms with Crippen molar-refractivity contribution in [3.05, 3.63) is 95.1 Å². The average molecular weight is 508 g/mol. The van der Waals surface area contributed by atoms with Gasteiger partial charge in [-0.05, 0) is 60.9 Å². The van der Waals surface area contributed by atoms with Gasteiger partial charge in [0.15, 0.2) is 0 Å². The van der Waals surface area contributed by atoms with Crippen LogP contribution < -0.4 is 10.1 Å². The molecule has 1 N–H and O–H groups in total. The number of ether oxygens (including phenoxy) is 1. The molecule has 7 nitrogen and oxygen atoms in total. The molecule has 1 heterocycles. The van der Waals surface area contributed by atoms with Crippen LogP contribution in [-0.4, -0.2) is 63.4 Å².